The van der Waals surface area contributed by atoms with E-state index in [1.54, 1.807) is 12.1 Å². The second-order valence-corrected chi connectivity index (χ2v) is 12.5. The van der Waals surface area contributed by atoms with E-state index in [0.717, 1.165) is 51.8 Å². The van der Waals surface area contributed by atoms with Gasteiger partial charge in [-0.05, 0) is 73.1 Å². The van der Waals surface area contributed by atoms with Crippen LogP contribution in [0.4, 0.5) is 0 Å². The minimum Gasteiger partial charge on any atom is -0.370 e. The third-order valence-electron chi connectivity index (χ3n) is 7.52. The zero-order valence-electron chi connectivity index (χ0n) is 17.4. The lowest BCUT2D eigenvalue weighted by atomic mass is 9.55. The third kappa shape index (κ3) is 3.37. The predicted octanol–water partition coefficient (Wildman–Crippen LogP) is 2.13. The zero-order valence-corrected chi connectivity index (χ0v) is 19.1. The van der Waals surface area contributed by atoms with Crippen molar-refractivity contribution in [3.63, 3.8) is 0 Å². The van der Waals surface area contributed by atoms with Crippen LogP contribution in [0.25, 0.3) is 0 Å². The van der Waals surface area contributed by atoms with Gasteiger partial charge in [-0.15, -0.1) is 0 Å². The quantitative estimate of drug-likeness (QED) is 0.727. The SMILES string of the molecule is CNS(=O)(=O)N(C)S(=O)(=O)Oc1ccc2c(c1)CC[C@@H]1[C@@H]2CC[C@]2(C)C(=O)CC[C@@H]12. The predicted molar refractivity (Wildman–Crippen MR) is 111 cm³/mol. The first-order valence-corrected chi connectivity index (χ1v) is 13.1. The Labute approximate surface area is 178 Å². The number of nitrogens with zero attached hydrogens (tertiary/aromatic N) is 1. The first-order chi connectivity index (χ1) is 14.0. The minimum absolute atomic E-state index is 0.0991. The minimum atomic E-state index is -4.51. The van der Waals surface area contributed by atoms with Gasteiger partial charge in [-0.25, -0.2) is 4.72 Å². The van der Waals surface area contributed by atoms with E-state index < -0.39 is 20.5 Å². The highest BCUT2D eigenvalue weighted by Crippen LogP contribution is 2.59. The van der Waals surface area contributed by atoms with E-state index >= 15 is 0 Å². The summed E-state index contributed by atoms with van der Waals surface area (Å²) in [5, 5.41) is 0. The summed E-state index contributed by atoms with van der Waals surface area (Å²) in [6.07, 6.45) is 5.27. The summed E-state index contributed by atoms with van der Waals surface area (Å²) in [6, 6.07) is 5.20. The molecule has 0 radical (unpaired) electrons. The van der Waals surface area contributed by atoms with Crippen LogP contribution in [0, 0.1) is 17.3 Å². The number of carbonyl (C=O) groups is 1. The van der Waals surface area contributed by atoms with Crippen LogP contribution < -0.4 is 8.91 Å². The average molecular weight is 457 g/mol. The summed E-state index contributed by atoms with van der Waals surface area (Å²) in [5.74, 6) is 1.78. The van der Waals surface area contributed by atoms with Gasteiger partial charge in [0.1, 0.15) is 11.5 Å². The summed E-state index contributed by atoms with van der Waals surface area (Å²) >= 11 is 0. The van der Waals surface area contributed by atoms with Crippen LogP contribution in [0.5, 0.6) is 5.75 Å². The Balaban J connectivity index is 1.58. The van der Waals surface area contributed by atoms with Crippen molar-refractivity contribution in [3.8, 4) is 5.75 Å². The Kier molecular flexibility index (Phi) is 5.28. The molecule has 1 N–H and O–H groups in total. The van der Waals surface area contributed by atoms with Gasteiger partial charge in [0.15, 0.2) is 0 Å². The van der Waals surface area contributed by atoms with Crippen LogP contribution in [0.15, 0.2) is 18.2 Å². The Hall–Kier alpha value is -1.49. The summed E-state index contributed by atoms with van der Waals surface area (Å²) in [7, 11) is -6.65. The van der Waals surface area contributed by atoms with Crippen molar-refractivity contribution in [1.82, 2.24) is 8.43 Å². The molecule has 30 heavy (non-hydrogen) atoms. The molecule has 3 aliphatic carbocycles. The topological polar surface area (TPSA) is 110 Å². The number of fused-ring (bicyclic) bond motifs is 5. The monoisotopic (exact) mass is 456 g/mol. The summed E-state index contributed by atoms with van der Waals surface area (Å²) in [6.45, 7) is 2.14. The van der Waals surface area contributed by atoms with Gasteiger partial charge in [0, 0.05) is 25.9 Å². The fourth-order valence-electron chi connectivity index (χ4n) is 5.80. The van der Waals surface area contributed by atoms with Crippen molar-refractivity contribution >= 4 is 26.3 Å². The molecule has 0 amide bonds. The number of ketones is 1. The average Bonchev–Trinajstić information content (AvgIpc) is 3.01. The van der Waals surface area contributed by atoms with Crippen LogP contribution in [0.1, 0.15) is 56.1 Å². The van der Waals surface area contributed by atoms with Crippen LogP contribution in [0.3, 0.4) is 0 Å². The molecule has 2 fully saturated rings. The number of hydrogen-bond acceptors (Lipinski definition) is 6. The molecule has 4 atom stereocenters. The van der Waals surface area contributed by atoms with Crippen molar-refractivity contribution in [1.29, 1.82) is 0 Å². The zero-order chi connectivity index (χ0) is 21.9. The molecule has 8 nitrogen and oxygen atoms in total. The number of Topliss-reactive ketones (excluding diaryl/α,β-unsaturated/α-hetero) is 1. The Bertz CT molecular complexity index is 1080. The molecule has 166 valence electrons. The van der Waals surface area contributed by atoms with Crippen LogP contribution in [-0.2, 0) is 31.7 Å². The Morgan fingerprint density at radius 2 is 1.87 bits per heavy atom. The molecule has 1 aromatic rings. The number of aryl methyl sites for hydroxylation is 1. The molecule has 10 heteroatoms. The number of benzene rings is 1. The van der Waals surface area contributed by atoms with Crippen LogP contribution in [-0.4, -0.2) is 40.4 Å². The Morgan fingerprint density at radius 3 is 2.57 bits per heavy atom. The maximum Gasteiger partial charge on any atom is 0.399 e. The molecule has 1 aromatic carbocycles. The van der Waals surface area contributed by atoms with Crippen molar-refractivity contribution in [3.05, 3.63) is 29.3 Å². The van der Waals surface area contributed by atoms with Crippen LogP contribution >= 0.6 is 0 Å². The van der Waals surface area contributed by atoms with E-state index in [-0.39, 0.29) is 14.9 Å². The molecule has 0 saturated heterocycles. The molecule has 0 heterocycles. The van der Waals surface area contributed by atoms with E-state index in [2.05, 4.69) is 6.92 Å². The molecule has 0 aliphatic heterocycles. The highest BCUT2D eigenvalue weighted by molar-refractivity contribution is 8.01. The van der Waals surface area contributed by atoms with Gasteiger partial charge in [0.2, 0.25) is 0 Å². The highest BCUT2D eigenvalue weighted by atomic mass is 32.3. The lowest BCUT2D eigenvalue weighted by Gasteiger charge is -2.48. The van der Waals surface area contributed by atoms with Gasteiger partial charge in [0.25, 0.3) is 10.2 Å². The first kappa shape index (κ1) is 21.7. The summed E-state index contributed by atoms with van der Waals surface area (Å²) in [4.78, 5) is 12.5. The van der Waals surface area contributed by atoms with Crippen molar-refractivity contribution in [2.75, 3.05) is 14.1 Å². The Morgan fingerprint density at radius 1 is 1.13 bits per heavy atom. The van der Waals surface area contributed by atoms with Gasteiger partial charge >= 0.3 is 10.3 Å². The van der Waals surface area contributed by atoms with Gasteiger partial charge < -0.3 is 4.18 Å². The van der Waals surface area contributed by atoms with Gasteiger partial charge in [0.05, 0.1) is 0 Å². The number of rotatable bonds is 5. The summed E-state index contributed by atoms with van der Waals surface area (Å²) in [5.41, 5.74) is 2.06. The molecule has 0 aromatic heterocycles. The van der Waals surface area contributed by atoms with E-state index in [4.69, 9.17) is 4.18 Å². The molecule has 3 aliphatic rings. The third-order valence-corrected chi connectivity index (χ3v) is 10.9. The molecule has 2 saturated carbocycles. The standard InChI is InChI=1S/C20H28N2O6S2/c1-20-11-10-16-15-7-5-14(28-30(26,27)22(3)29(24,25)21-2)12-13(15)4-6-17(16)18(20)8-9-19(20)23/h5,7,12,16-18,21H,4,6,8-11H2,1-3H3/t16-,17-,18+,20+/m1/s1. The second kappa shape index (κ2) is 7.29. The molecule has 0 unspecified atom stereocenters. The van der Waals surface area contributed by atoms with Crippen LogP contribution in [0.2, 0.25) is 0 Å². The van der Waals surface area contributed by atoms with Gasteiger partial charge in [-0.2, -0.15) is 16.8 Å². The lowest BCUT2D eigenvalue weighted by Crippen LogP contribution is -2.42. The maximum atomic E-state index is 12.5. The van der Waals surface area contributed by atoms with Crippen molar-refractivity contribution < 1.29 is 25.8 Å². The molecular weight excluding hydrogens is 428 g/mol. The number of hydrogen-bond donors (Lipinski definition) is 1. The lowest BCUT2D eigenvalue weighted by molar-refractivity contribution is -0.129. The highest BCUT2D eigenvalue weighted by Gasteiger charge is 2.54. The normalized spacial score (nSPS) is 31.2. The largest absolute Gasteiger partial charge is 0.399 e. The van der Waals surface area contributed by atoms with Gasteiger partial charge in [-0.1, -0.05) is 16.7 Å². The summed E-state index contributed by atoms with van der Waals surface area (Å²) < 4.78 is 55.5. The van der Waals surface area contributed by atoms with E-state index in [9.17, 15) is 21.6 Å². The smallest absolute Gasteiger partial charge is 0.370 e. The van der Waals surface area contributed by atoms with E-state index in [0.29, 0.717) is 30.0 Å². The maximum absolute atomic E-state index is 12.5. The fourth-order valence-corrected chi connectivity index (χ4v) is 7.79. The second-order valence-electron chi connectivity index (χ2n) is 8.82. The first-order valence-electron chi connectivity index (χ1n) is 10.3. The number of nitrogens with one attached hydrogen (secondary N) is 1. The van der Waals surface area contributed by atoms with E-state index in [1.165, 1.54) is 5.56 Å². The van der Waals surface area contributed by atoms with Gasteiger partial charge in [-0.3, -0.25) is 4.79 Å². The fraction of sp³-hybridized carbons (Fsp3) is 0.650. The molecule has 4 rings (SSSR count). The molecule has 0 bridgehead atoms. The molecular formula is C20H28N2O6S2. The van der Waals surface area contributed by atoms with Crippen molar-refractivity contribution in [2.24, 2.45) is 17.3 Å². The number of carbonyl (C=O) groups excluding carboxylic acids is 1. The van der Waals surface area contributed by atoms with Crippen molar-refractivity contribution in [2.45, 2.75) is 51.4 Å². The molecule has 0 spiro atoms. The van der Waals surface area contributed by atoms with E-state index in [1.807, 2.05) is 10.8 Å².